The molecule has 0 radical (unpaired) electrons. The molecule has 2 nitrogen and oxygen atoms in total. The van der Waals surface area contributed by atoms with E-state index in [0.29, 0.717) is 0 Å². The second-order valence-electron chi connectivity index (χ2n) is 4.17. The summed E-state index contributed by atoms with van der Waals surface area (Å²) in [4.78, 5) is 10.5. The van der Waals surface area contributed by atoms with E-state index in [-0.39, 0.29) is 5.57 Å². The van der Waals surface area contributed by atoms with Crippen LogP contribution in [0.2, 0.25) is 0 Å². The highest BCUT2D eigenvalue weighted by Crippen LogP contribution is 2.35. The number of esters is 1. The summed E-state index contributed by atoms with van der Waals surface area (Å²) < 4.78 is 62.5. The Morgan fingerprint density at radius 1 is 1.18 bits per heavy atom. The summed E-state index contributed by atoms with van der Waals surface area (Å²) in [6.45, 7) is 5.76. The number of hydrogen-bond acceptors (Lipinski definition) is 2. The monoisotopic (exact) mass is 322 g/mol. The van der Waals surface area contributed by atoms with E-state index >= 15 is 0 Å². The van der Waals surface area contributed by atoms with Crippen LogP contribution in [0.4, 0.5) is 22.0 Å². The van der Waals surface area contributed by atoms with E-state index in [4.69, 9.17) is 0 Å². The Hall–Kier alpha value is -2.18. The number of hydrogen-bond donors (Lipinski definition) is 0. The largest absolute Gasteiger partial charge is 0.456 e. The van der Waals surface area contributed by atoms with Gasteiger partial charge in [-0.05, 0) is 12.5 Å². The summed E-state index contributed by atoms with van der Waals surface area (Å²) in [6, 6.07) is 10.0. The van der Waals surface area contributed by atoms with Gasteiger partial charge in [-0.1, -0.05) is 49.6 Å². The van der Waals surface area contributed by atoms with Gasteiger partial charge in [0.05, 0.1) is 0 Å². The van der Waals surface area contributed by atoms with Crippen molar-refractivity contribution in [3.05, 3.63) is 54.6 Å². The van der Waals surface area contributed by atoms with Crippen LogP contribution < -0.4 is 0 Å². The second-order valence-corrected chi connectivity index (χ2v) is 4.17. The van der Waals surface area contributed by atoms with Crippen LogP contribution in [0, 0.1) is 0 Å². The summed E-state index contributed by atoms with van der Waals surface area (Å²) in [6.07, 6.45) is -3.89. The molecular formula is C15H15F5O2. The van der Waals surface area contributed by atoms with Crippen molar-refractivity contribution in [2.24, 2.45) is 0 Å². The third kappa shape index (κ3) is 7.01. The van der Waals surface area contributed by atoms with Crippen molar-refractivity contribution in [3.8, 4) is 0 Å². The minimum absolute atomic E-state index is 0.247. The number of carbonyl (C=O) groups is 1. The molecule has 0 saturated heterocycles. The van der Waals surface area contributed by atoms with Gasteiger partial charge >= 0.3 is 18.1 Å². The van der Waals surface area contributed by atoms with Gasteiger partial charge in [0.1, 0.15) is 0 Å². The molecule has 0 aromatic heterocycles. The fraction of sp³-hybridized carbons (Fsp3) is 0.267. The van der Waals surface area contributed by atoms with Crippen molar-refractivity contribution in [2.75, 3.05) is 6.61 Å². The zero-order chi connectivity index (χ0) is 17.4. The molecule has 0 unspecified atom stereocenters. The molecule has 0 aliphatic rings. The van der Waals surface area contributed by atoms with Crippen LogP contribution >= 0.6 is 0 Å². The molecule has 0 amide bonds. The highest BCUT2D eigenvalue weighted by Gasteiger charge is 2.58. The van der Waals surface area contributed by atoms with Gasteiger partial charge in [0, 0.05) is 5.57 Å². The van der Waals surface area contributed by atoms with Crippen LogP contribution in [0.3, 0.4) is 0 Å². The van der Waals surface area contributed by atoms with Gasteiger partial charge < -0.3 is 4.74 Å². The van der Waals surface area contributed by atoms with E-state index in [9.17, 15) is 26.7 Å². The van der Waals surface area contributed by atoms with Crippen LogP contribution in [-0.4, -0.2) is 24.7 Å². The predicted octanol–water partition coefficient (Wildman–Crippen LogP) is 4.63. The van der Waals surface area contributed by atoms with Gasteiger partial charge in [-0.15, -0.1) is 0 Å². The molecule has 7 heteroatoms. The molecule has 1 rings (SSSR count). The zero-order valence-electron chi connectivity index (χ0n) is 11.8. The first-order valence-corrected chi connectivity index (χ1v) is 5.96. The summed E-state index contributed by atoms with van der Waals surface area (Å²) >= 11 is 0. The highest BCUT2D eigenvalue weighted by molar-refractivity contribution is 5.86. The highest BCUT2D eigenvalue weighted by atomic mass is 19.4. The van der Waals surface area contributed by atoms with E-state index < -0.39 is 24.7 Å². The molecule has 0 N–H and O–H groups in total. The maximum Gasteiger partial charge on any atom is 0.456 e. The lowest BCUT2D eigenvalue weighted by atomic mass is 10.2. The molecule has 1 aromatic carbocycles. The molecule has 0 heterocycles. The lowest BCUT2D eigenvalue weighted by Gasteiger charge is -2.18. The van der Waals surface area contributed by atoms with Gasteiger partial charge in [0.15, 0.2) is 6.61 Å². The summed E-state index contributed by atoms with van der Waals surface area (Å²) in [5.74, 6) is -6.31. The van der Waals surface area contributed by atoms with Crippen LogP contribution in [0.1, 0.15) is 12.5 Å². The Kier molecular flexibility index (Phi) is 7.49. The van der Waals surface area contributed by atoms with Gasteiger partial charge in [0.25, 0.3) is 0 Å². The van der Waals surface area contributed by atoms with Crippen molar-refractivity contribution in [1.82, 2.24) is 0 Å². The van der Waals surface area contributed by atoms with Crippen LogP contribution in [0.5, 0.6) is 0 Å². The quantitative estimate of drug-likeness (QED) is 0.459. The zero-order valence-corrected chi connectivity index (χ0v) is 11.8. The normalized spacial score (nSPS) is 11.0. The maximum absolute atomic E-state index is 12.1. The van der Waals surface area contributed by atoms with Crippen LogP contribution in [-0.2, 0) is 9.53 Å². The standard InChI is InChI=1S/C8H8.C7H7F5O2/c1-2-8-6-4-3-5-7-8;1-4(2)5(13)14-3-6(8,9)7(10,11)12/h2-7H,1H2;1,3H2,2H3. The fourth-order valence-corrected chi connectivity index (χ4v) is 0.950. The Balaban J connectivity index is 0.000000461. The van der Waals surface area contributed by atoms with E-state index in [1.807, 2.05) is 36.4 Å². The van der Waals surface area contributed by atoms with Crippen molar-refractivity contribution < 1.29 is 31.5 Å². The van der Waals surface area contributed by atoms with E-state index in [1.54, 1.807) is 0 Å². The molecule has 1 aromatic rings. The van der Waals surface area contributed by atoms with Gasteiger partial charge in [-0.25, -0.2) is 4.79 Å². The van der Waals surface area contributed by atoms with Gasteiger partial charge in [-0.2, -0.15) is 22.0 Å². The van der Waals surface area contributed by atoms with Gasteiger partial charge in [0.2, 0.25) is 0 Å². The third-order valence-corrected chi connectivity index (χ3v) is 2.18. The molecular weight excluding hydrogens is 307 g/mol. The first kappa shape index (κ1) is 19.8. The van der Waals surface area contributed by atoms with Crippen molar-refractivity contribution >= 4 is 12.0 Å². The van der Waals surface area contributed by atoms with Crippen LogP contribution in [0.25, 0.3) is 6.08 Å². The maximum atomic E-state index is 12.1. The smallest absolute Gasteiger partial charge is 0.456 e. The number of benzene rings is 1. The predicted molar refractivity (Wildman–Crippen MR) is 73.3 cm³/mol. The minimum Gasteiger partial charge on any atom is -0.456 e. The Morgan fingerprint density at radius 3 is 2.00 bits per heavy atom. The van der Waals surface area contributed by atoms with E-state index in [2.05, 4.69) is 17.9 Å². The molecule has 0 saturated carbocycles. The lowest BCUT2D eigenvalue weighted by molar-refractivity contribution is -0.293. The first-order valence-electron chi connectivity index (χ1n) is 5.96. The molecule has 0 fully saturated rings. The summed E-state index contributed by atoms with van der Waals surface area (Å²) in [7, 11) is 0. The molecule has 0 atom stereocenters. The third-order valence-electron chi connectivity index (χ3n) is 2.18. The first-order chi connectivity index (χ1) is 10.0. The van der Waals surface area contributed by atoms with Crippen molar-refractivity contribution in [2.45, 2.75) is 19.0 Å². The van der Waals surface area contributed by atoms with Crippen LogP contribution in [0.15, 0.2) is 49.1 Å². The topological polar surface area (TPSA) is 26.3 Å². The molecule has 0 aliphatic carbocycles. The average molecular weight is 322 g/mol. The molecule has 0 aliphatic heterocycles. The summed E-state index contributed by atoms with van der Waals surface area (Å²) in [5.41, 5.74) is 0.926. The SMILES string of the molecule is C=C(C)C(=O)OCC(F)(F)C(F)(F)F.C=Cc1ccccc1. The average Bonchev–Trinajstić information content (AvgIpc) is 2.45. The minimum atomic E-state index is -5.72. The number of alkyl halides is 5. The molecule has 122 valence electrons. The van der Waals surface area contributed by atoms with Crippen molar-refractivity contribution in [3.63, 3.8) is 0 Å². The Morgan fingerprint density at radius 2 is 1.68 bits per heavy atom. The molecule has 0 spiro atoms. The van der Waals surface area contributed by atoms with E-state index in [0.717, 1.165) is 6.92 Å². The second kappa shape index (κ2) is 8.31. The molecule has 0 bridgehead atoms. The van der Waals surface area contributed by atoms with Crippen molar-refractivity contribution in [1.29, 1.82) is 0 Å². The number of ether oxygens (including phenoxy) is 1. The fourth-order valence-electron chi connectivity index (χ4n) is 0.950. The Bertz CT molecular complexity index is 506. The lowest BCUT2D eigenvalue weighted by Crippen LogP contribution is -2.41. The summed E-state index contributed by atoms with van der Waals surface area (Å²) in [5, 5.41) is 0. The number of rotatable bonds is 4. The molecule has 22 heavy (non-hydrogen) atoms. The number of carbonyl (C=O) groups excluding carboxylic acids is 1. The number of halogens is 5. The van der Waals surface area contributed by atoms with E-state index in [1.165, 1.54) is 5.56 Å². The van der Waals surface area contributed by atoms with Gasteiger partial charge in [-0.3, -0.25) is 0 Å². The Labute approximate surface area is 124 Å².